The summed E-state index contributed by atoms with van der Waals surface area (Å²) < 4.78 is 6.57. The van der Waals surface area contributed by atoms with Gasteiger partial charge in [-0.05, 0) is 13.0 Å². The molecule has 0 radical (unpaired) electrons. The number of hydrogen-bond donors (Lipinski definition) is 1. The summed E-state index contributed by atoms with van der Waals surface area (Å²) in [7, 11) is 1.54. The van der Waals surface area contributed by atoms with Crippen LogP contribution in [0.3, 0.4) is 0 Å². The summed E-state index contributed by atoms with van der Waals surface area (Å²) in [6.07, 6.45) is 4.82. The Morgan fingerprint density at radius 2 is 2.38 bits per heavy atom. The lowest BCUT2D eigenvalue weighted by Crippen LogP contribution is -2.14. The van der Waals surface area contributed by atoms with Gasteiger partial charge in [-0.2, -0.15) is 4.98 Å². The van der Waals surface area contributed by atoms with Crippen molar-refractivity contribution in [2.45, 2.75) is 19.9 Å². The Balaban J connectivity index is 2.15. The molecule has 0 spiro atoms. The van der Waals surface area contributed by atoms with Crippen LogP contribution in [0.1, 0.15) is 18.9 Å². The van der Waals surface area contributed by atoms with E-state index in [9.17, 15) is 0 Å². The van der Waals surface area contributed by atoms with Crippen LogP contribution < -0.4 is 10.1 Å². The van der Waals surface area contributed by atoms with E-state index in [-0.39, 0.29) is 0 Å². The molecule has 86 valence electrons. The molecule has 0 unspecified atom stereocenters. The summed E-state index contributed by atoms with van der Waals surface area (Å²) in [6.45, 7) is 3.93. The van der Waals surface area contributed by atoms with Gasteiger partial charge in [0.1, 0.15) is 0 Å². The number of rotatable bonds is 5. The molecule has 0 bridgehead atoms. The lowest BCUT2D eigenvalue weighted by atomic mass is 10.3. The predicted molar refractivity (Wildman–Crippen MR) is 59.3 cm³/mol. The van der Waals surface area contributed by atoms with E-state index in [2.05, 4.69) is 27.3 Å². The smallest absolute Gasteiger partial charge is 0.337 e. The highest BCUT2D eigenvalue weighted by molar-refractivity contribution is 5.29. The van der Waals surface area contributed by atoms with Crippen LogP contribution in [-0.4, -0.2) is 33.2 Å². The molecule has 0 amide bonds. The van der Waals surface area contributed by atoms with Gasteiger partial charge in [-0.1, -0.05) is 6.92 Å². The minimum absolute atomic E-state index is 0.339. The zero-order valence-electron chi connectivity index (χ0n) is 9.47. The van der Waals surface area contributed by atoms with E-state index in [0.29, 0.717) is 11.8 Å². The molecule has 6 nitrogen and oxygen atoms in total. The van der Waals surface area contributed by atoms with Gasteiger partial charge in [-0.15, -0.1) is 5.10 Å². The van der Waals surface area contributed by atoms with Crippen molar-refractivity contribution in [1.29, 1.82) is 0 Å². The molecule has 0 saturated carbocycles. The number of nitrogens with one attached hydrogen (secondary N) is 1. The third-order valence-electron chi connectivity index (χ3n) is 2.17. The third kappa shape index (κ3) is 2.27. The van der Waals surface area contributed by atoms with Crippen molar-refractivity contribution in [2.75, 3.05) is 13.7 Å². The number of methoxy groups -OCH3 is 1. The van der Waals surface area contributed by atoms with E-state index in [1.165, 1.54) is 0 Å². The van der Waals surface area contributed by atoms with Crippen molar-refractivity contribution in [3.63, 3.8) is 0 Å². The fourth-order valence-electron chi connectivity index (χ4n) is 1.39. The van der Waals surface area contributed by atoms with Crippen LogP contribution in [0.5, 0.6) is 6.01 Å². The second-order valence-electron chi connectivity index (χ2n) is 3.48. The quantitative estimate of drug-likeness (QED) is 0.750. The summed E-state index contributed by atoms with van der Waals surface area (Å²) in [5.74, 6) is 0.552. The Kier molecular flexibility index (Phi) is 3.31. The average Bonchev–Trinajstić information content (AvgIpc) is 2.71. The highest BCUT2D eigenvalue weighted by Crippen LogP contribution is 2.05. The molecule has 16 heavy (non-hydrogen) atoms. The second-order valence-corrected chi connectivity index (χ2v) is 3.48. The number of hydrogen-bond acceptors (Lipinski definition) is 5. The average molecular weight is 221 g/mol. The molecule has 0 saturated heterocycles. The summed E-state index contributed by atoms with van der Waals surface area (Å²) in [5, 5.41) is 7.42. The van der Waals surface area contributed by atoms with Gasteiger partial charge in [0.25, 0.3) is 5.78 Å². The molecule has 2 rings (SSSR count). The van der Waals surface area contributed by atoms with Crippen LogP contribution in [0.15, 0.2) is 12.4 Å². The topological polar surface area (TPSA) is 64.3 Å². The number of nitrogens with zero attached hydrogens (tertiary/aromatic N) is 4. The minimum Gasteiger partial charge on any atom is -0.466 e. The highest BCUT2D eigenvalue weighted by Gasteiger charge is 2.04. The first kappa shape index (κ1) is 10.8. The maximum atomic E-state index is 4.94. The first-order valence-electron chi connectivity index (χ1n) is 5.29. The molecule has 0 fully saturated rings. The Morgan fingerprint density at radius 3 is 3.12 bits per heavy atom. The van der Waals surface area contributed by atoms with Crippen molar-refractivity contribution in [1.82, 2.24) is 24.9 Å². The van der Waals surface area contributed by atoms with Gasteiger partial charge in [0, 0.05) is 24.5 Å². The highest BCUT2D eigenvalue weighted by atomic mass is 16.5. The van der Waals surface area contributed by atoms with Gasteiger partial charge in [0.15, 0.2) is 0 Å². The molecule has 0 aliphatic carbocycles. The Bertz CT molecular complexity index is 467. The van der Waals surface area contributed by atoms with Crippen LogP contribution in [0, 0.1) is 0 Å². The van der Waals surface area contributed by atoms with E-state index in [0.717, 1.165) is 25.1 Å². The van der Waals surface area contributed by atoms with E-state index in [1.54, 1.807) is 17.8 Å². The van der Waals surface area contributed by atoms with Gasteiger partial charge in [0.05, 0.1) is 7.11 Å². The van der Waals surface area contributed by atoms with E-state index in [4.69, 9.17) is 4.74 Å². The van der Waals surface area contributed by atoms with Crippen molar-refractivity contribution in [3.05, 3.63) is 18.0 Å². The largest absolute Gasteiger partial charge is 0.466 e. The van der Waals surface area contributed by atoms with Crippen molar-refractivity contribution < 1.29 is 4.74 Å². The number of ether oxygens (including phenoxy) is 1. The van der Waals surface area contributed by atoms with Gasteiger partial charge >= 0.3 is 6.01 Å². The minimum atomic E-state index is 0.339. The summed E-state index contributed by atoms with van der Waals surface area (Å²) in [4.78, 5) is 8.26. The molecule has 2 aromatic heterocycles. The SMILES string of the molecule is CCCNCc1cnc2nc(OC)nn2c1. The third-order valence-corrected chi connectivity index (χ3v) is 2.17. The Hall–Kier alpha value is -1.69. The molecule has 2 heterocycles. The lowest BCUT2D eigenvalue weighted by Gasteiger charge is -2.02. The molecule has 2 aromatic rings. The predicted octanol–water partition coefficient (Wildman–Crippen LogP) is 0.632. The van der Waals surface area contributed by atoms with Crippen LogP contribution >= 0.6 is 0 Å². The standard InChI is InChI=1S/C10H15N5O/c1-3-4-11-5-8-6-12-9-13-10(16-2)14-15(9)7-8/h6-7,11H,3-5H2,1-2H3. The maximum absolute atomic E-state index is 4.94. The zero-order valence-corrected chi connectivity index (χ0v) is 9.47. The number of aromatic nitrogens is 4. The summed E-state index contributed by atoms with van der Waals surface area (Å²) in [6, 6.07) is 0.339. The summed E-state index contributed by atoms with van der Waals surface area (Å²) >= 11 is 0. The van der Waals surface area contributed by atoms with Gasteiger partial charge in [0.2, 0.25) is 0 Å². The molecule has 1 N–H and O–H groups in total. The first-order valence-corrected chi connectivity index (χ1v) is 5.29. The van der Waals surface area contributed by atoms with E-state index >= 15 is 0 Å². The second kappa shape index (κ2) is 4.89. The fraction of sp³-hybridized carbons (Fsp3) is 0.500. The van der Waals surface area contributed by atoms with Crippen LogP contribution in [0.2, 0.25) is 0 Å². The van der Waals surface area contributed by atoms with Crippen molar-refractivity contribution >= 4 is 5.78 Å². The fourth-order valence-corrected chi connectivity index (χ4v) is 1.39. The van der Waals surface area contributed by atoms with Crippen LogP contribution in [0.25, 0.3) is 5.78 Å². The molecular formula is C10H15N5O. The molecule has 0 aromatic carbocycles. The molecule has 6 heteroatoms. The van der Waals surface area contributed by atoms with Gasteiger partial charge in [-0.3, -0.25) is 0 Å². The van der Waals surface area contributed by atoms with Crippen LogP contribution in [0.4, 0.5) is 0 Å². The van der Waals surface area contributed by atoms with Crippen molar-refractivity contribution in [2.24, 2.45) is 0 Å². The Morgan fingerprint density at radius 1 is 1.50 bits per heavy atom. The Labute approximate surface area is 93.7 Å². The molecule has 0 atom stereocenters. The van der Waals surface area contributed by atoms with Crippen molar-refractivity contribution in [3.8, 4) is 6.01 Å². The molecular weight excluding hydrogens is 206 g/mol. The van der Waals surface area contributed by atoms with E-state index < -0.39 is 0 Å². The zero-order chi connectivity index (χ0) is 11.4. The molecule has 0 aliphatic heterocycles. The number of fused-ring (bicyclic) bond motifs is 1. The summed E-state index contributed by atoms with van der Waals surface area (Å²) in [5.41, 5.74) is 1.08. The van der Waals surface area contributed by atoms with Gasteiger partial charge in [-0.25, -0.2) is 9.50 Å². The van der Waals surface area contributed by atoms with Crippen LogP contribution in [-0.2, 0) is 6.54 Å². The monoisotopic (exact) mass is 221 g/mol. The van der Waals surface area contributed by atoms with E-state index in [1.807, 2.05) is 6.20 Å². The lowest BCUT2D eigenvalue weighted by molar-refractivity contribution is 0.380. The first-order chi connectivity index (χ1) is 7.83. The molecule has 0 aliphatic rings. The van der Waals surface area contributed by atoms with Gasteiger partial charge < -0.3 is 10.1 Å². The maximum Gasteiger partial charge on any atom is 0.337 e. The normalized spacial score (nSPS) is 10.9.